The third-order valence-corrected chi connectivity index (χ3v) is 4.44. The Morgan fingerprint density at radius 1 is 0.960 bits per heavy atom. The molecule has 0 saturated carbocycles. The van der Waals surface area contributed by atoms with Gasteiger partial charge in [0, 0.05) is 45.0 Å². The Kier molecular flexibility index (Phi) is 4.19. The van der Waals surface area contributed by atoms with Crippen LogP contribution in [0.5, 0.6) is 0 Å². The SMILES string of the molecule is Cn1cc(-c2cncc(N3CCN(c4ncncc4Cl)CC3)n2)cn1. The maximum Gasteiger partial charge on any atom is 0.150 e. The highest BCUT2D eigenvalue weighted by Crippen LogP contribution is 2.24. The lowest BCUT2D eigenvalue weighted by molar-refractivity contribution is 0.640. The largest absolute Gasteiger partial charge is 0.352 e. The summed E-state index contributed by atoms with van der Waals surface area (Å²) in [7, 11) is 1.89. The van der Waals surface area contributed by atoms with Crippen molar-refractivity contribution < 1.29 is 0 Å². The molecule has 9 heteroatoms. The standard InChI is InChI=1S/C16H17ClN8/c1-23-10-12(6-21-23)14-8-18-9-15(22-14)24-2-4-25(5-3-24)16-13(17)7-19-11-20-16/h6-11H,2-5H2,1H3. The van der Waals surface area contributed by atoms with Gasteiger partial charge in [-0.05, 0) is 0 Å². The lowest BCUT2D eigenvalue weighted by atomic mass is 10.2. The van der Waals surface area contributed by atoms with E-state index in [1.165, 1.54) is 6.33 Å². The Hall–Kier alpha value is -2.74. The van der Waals surface area contributed by atoms with Crippen LogP contribution in [0.4, 0.5) is 11.6 Å². The molecule has 0 unspecified atom stereocenters. The topological polar surface area (TPSA) is 75.9 Å². The maximum absolute atomic E-state index is 6.19. The number of aryl methyl sites for hydroxylation is 1. The van der Waals surface area contributed by atoms with Crippen LogP contribution in [0.3, 0.4) is 0 Å². The van der Waals surface area contributed by atoms with Crippen LogP contribution in [-0.2, 0) is 7.05 Å². The molecule has 0 radical (unpaired) electrons. The predicted molar refractivity (Wildman–Crippen MR) is 95.7 cm³/mol. The van der Waals surface area contributed by atoms with Crippen molar-refractivity contribution in [3.05, 3.63) is 42.3 Å². The zero-order valence-corrected chi connectivity index (χ0v) is 14.5. The number of nitrogens with zero attached hydrogens (tertiary/aromatic N) is 8. The molecule has 1 saturated heterocycles. The van der Waals surface area contributed by atoms with Crippen molar-refractivity contribution in [2.75, 3.05) is 36.0 Å². The molecule has 4 rings (SSSR count). The minimum absolute atomic E-state index is 0.578. The van der Waals surface area contributed by atoms with Crippen LogP contribution < -0.4 is 9.80 Å². The van der Waals surface area contributed by atoms with Gasteiger partial charge in [-0.1, -0.05) is 11.6 Å². The zero-order valence-electron chi connectivity index (χ0n) is 13.7. The van der Waals surface area contributed by atoms with Crippen molar-refractivity contribution in [1.82, 2.24) is 29.7 Å². The van der Waals surface area contributed by atoms with Gasteiger partial charge in [-0.15, -0.1) is 0 Å². The average Bonchev–Trinajstić information content (AvgIpc) is 3.09. The van der Waals surface area contributed by atoms with Crippen LogP contribution >= 0.6 is 11.6 Å². The first kappa shape index (κ1) is 15.8. The average molecular weight is 357 g/mol. The summed E-state index contributed by atoms with van der Waals surface area (Å²) in [6, 6.07) is 0. The summed E-state index contributed by atoms with van der Waals surface area (Å²) < 4.78 is 1.76. The third-order valence-electron chi connectivity index (χ3n) is 4.17. The second-order valence-electron chi connectivity index (χ2n) is 5.83. The van der Waals surface area contributed by atoms with Crippen LogP contribution in [0, 0.1) is 0 Å². The Bertz CT molecular complexity index is 872. The van der Waals surface area contributed by atoms with E-state index in [0.717, 1.165) is 49.1 Å². The quantitative estimate of drug-likeness (QED) is 0.706. The second kappa shape index (κ2) is 6.64. The molecule has 3 aromatic rings. The van der Waals surface area contributed by atoms with Crippen molar-refractivity contribution in [2.24, 2.45) is 7.05 Å². The molecule has 128 valence electrons. The van der Waals surface area contributed by atoms with E-state index in [1.54, 1.807) is 29.5 Å². The summed E-state index contributed by atoms with van der Waals surface area (Å²) in [6.07, 6.45) is 10.4. The monoisotopic (exact) mass is 356 g/mol. The Morgan fingerprint density at radius 3 is 2.48 bits per heavy atom. The first-order valence-corrected chi connectivity index (χ1v) is 8.35. The molecule has 0 atom stereocenters. The molecule has 3 aromatic heterocycles. The predicted octanol–water partition coefficient (Wildman–Crippen LogP) is 1.65. The smallest absolute Gasteiger partial charge is 0.150 e. The highest BCUT2D eigenvalue weighted by Gasteiger charge is 2.21. The summed E-state index contributed by atoms with van der Waals surface area (Å²) in [6.45, 7) is 3.28. The summed E-state index contributed by atoms with van der Waals surface area (Å²) in [4.78, 5) is 21.7. The number of halogens is 1. The van der Waals surface area contributed by atoms with Gasteiger partial charge in [0.1, 0.15) is 17.2 Å². The number of rotatable bonds is 3. The maximum atomic E-state index is 6.19. The molecule has 0 amide bonds. The van der Waals surface area contributed by atoms with Crippen molar-refractivity contribution in [1.29, 1.82) is 0 Å². The molecule has 0 aromatic carbocycles. The Balaban J connectivity index is 1.49. The lowest BCUT2D eigenvalue weighted by Crippen LogP contribution is -2.47. The molecular formula is C16H17ClN8. The zero-order chi connectivity index (χ0) is 17.2. The Morgan fingerprint density at radius 2 is 1.76 bits per heavy atom. The molecule has 0 bridgehead atoms. The first-order chi connectivity index (χ1) is 12.2. The van der Waals surface area contributed by atoms with Crippen LogP contribution in [0.2, 0.25) is 5.02 Å². The fourth-order valence-electron chi connectivity index (χ4n) is 2.89. The van der Waals surface area contributed by atoms with Crippen molar-refractivity contribution >= 4 is 23.2 Å². The molecule has 1 fully saturated rings. The molecule has 8 nitrogen and oxygen atoms in total. The summed E-state index contributed by atoms with van der Waals surface area (Å²) in [5, 5.41) is 4.77. The molecular weight excluding hydrogens is 340 g/mol. The van der Waals surface area contributed by atoms with Crippen LogP contribution in [0.1, 0.15) is 0 Å². The van der Waals surface area contributed by atoms with E-state index < -0.39 is 0 Å². The van der Waals surface area contributed by atoms with Crippen molar-refractivity contribution in [3.8, 4) is 11.3 Å². The fraction of sp³-hybridized carbons (Fsp3) is 0.312. The fourth-order valence-corrected chi connectivity index (χ4v) is 3.11. The summed E-state index contributed by atoms with van der Waals surface area (Å²) in [5.74, 6) is 1.65. The van der Waals surface area contributed by atoms with Gasteiger partial charge in [-0.3, -0.25) is 9.67 Å². The minimum Gasteiger partial charge on any atom is -0.352 e. The van der Waals surface area contributed by atoms with Gasteiger partial charge in [0.25, 0.3) is 0 Å². The molecule has 0 aliphatic carbocycles. The van der Waals surface area contributed by atoms with E-state index in [0.29, 0.717) is 5.02 Å². The highest BCUT2D eigenvalue weighted by molar-refractivity contribution is 6.32. The number of aromatic nitrogens is 6. The number of hydrogen-bond donors (Lipinski definition) is 0. The third kappa shape index (κ3) is 3.25. The Labute approximate surface area is 150 Å². The normalized spacial score (nSPS) is 14.8. The van der Waals surface area contributed by atoms with Crippen molar-refractivity contribution in [2.45, 2.75) is 0 Å². The van der Waals surface area contributed by atoms with Gasteiger partial charge in [0.2, 0.25) is 0 Å². The summed E-state index contributed by atoms with van der Waals surface area (Å²) in [5.41, 5.74) is 1.79. The van der Waals surface area contributed by atoms with E-state index in [-0.39, 0.29) is 0 Å². The van der Waals surface area contributed by atoms with Gasteiger partial charge in [0.15, 0.2) is 5.82 Å². The number of hydrogen-bond acceptors (Lipinski definition) is 7. The van der Waals surface area contributed by atoms with Gasteiger partial charge < -0.3 is 9.80 Å². The van der Waals surface area contributed by atoms with E-state index >= 15 is 0 Å². The number of anilines is 2. The van der Waals surface area contributed by atoms with Gasteiger partial charge in [0.05, 0.1) is 30.5 Å². The van der Waals surface area contributed by atoms with E-state index in [1.807, 2.05) is 13.2 Å². The van der Waals surface area contributed by atoms with Gasteiger partial charge in [-0.25, -0.2) is 15.0 Å². The van der Waals surface area contributed by atoms with Crippen LogP contribution in [0.15, 0.2) is 37.3 Å². The molecule has 0 N–H and O–H groups in total. The van der Waals surface area contributed by atoms with Crippen molar-refractivity contribution in [3.63, 3.8) is 0 Å². The lowest BCUT2D eigenvalue weighted by Gasteiger charge is -2.36. The van der Waals surface area contributed by atoms with Gasteiger partial charge >= 0.3 is 0 Å². The minimum atomic E-state index is 0.578. The first-order valence-electron chi connectivity index (χ1n) is 7.97. The van der Waals surface area contributed by atoms with Crippen LogP contribution in [0.25, 0.3) is 11.3 Å². The molecule has 0 spiro atoms. The highest BCUT2D eigenvalue weighted by atomic mass is 35.5. The van der Waals surface area contributed by atoms with E-state index in [9.17, 15) is 0 Å². The second-order valence-corrected chi connectivity index (χ2v) is 6.24. The summed E-state index contributed by atoms with van der Waals surface area (Å²) >= 11 is 6.19. The van der Waals surface area contributed by atoms with E-state index in [2.05, 4.69) is 29.9 Å². The molecule has 1 aliphatic rings. The molecule has 25 heavy (non-hydrogen) atoms. The molecule has 1 aliphatic heterocycles. The number of piperazine rings is 1. The van der Waals surface area contributed by atoms with Crippen LogP contribution in [-0.4, -0.2) is 55.9 Å². The van der Waals surface area contributed by atoms with E-state index in [4.69, 9.17) is 16.6 Å². The van der Waals surface area contributed by atoms with Gasteiger partial charge in [-0.2, -0.15) is 5.10 Å². The molecule has 4 heterocycles.